The fourth-order valence-corrected chi connectivity index (χ4v) is 2.82. The smallest absolute Gasteiger partial charge is 0.167 e. The molecule has 1 saturated heterocycles. The van der Waals surface area contributed by atoms with Crippen molar-refractivity contribution >= 4 is 12.4 Å². The first-order valence-corrected chi connectivity index (χ1v) is 7.75. The first-order valence-electron chi connectivity index (χ1n) is 7.75. The Balaban J connectivity index is 0.00000176. The average Bonchev–Trinajstić information content (AvgIpc) is 3.04. The van der Waals surface area contributed by atoms with Gasteiger partial charge in [-0.2, -0.15) is 0 Å². The van der Waals surface area contributed by atoms with Crippen LogP contribution in [0.5, 0.6) is 0 Å². The fraction of sp³-hybridized carbons (Fsp3) is 0.471. The summed E-state index contributed by atoms with van der Waals surface area (Å²) >= 11 is 0. The Morgan fingerprint density at radius 2 is 1.86 bits per heavy atom. The van der Waals surface area contributed by atoms with Gasteiger partial charge in [-0.25, -0.2) is 0 Å². The third-order valence-electron chi connectivity index (χ3n) is 4.10. The SMILES string of the molecule is Cl.OC(CCN1CCCCC1)c1cc(-c2ccccc2)on1. The Bertz CT molecular complexity index is 553. The number of likely N-dealkylation sites (tertiary alicyclic amines) is 1. The topological polar surface area (TPSA) is 49.5 Å². The quantitative estimate of drug-likeness (QED) is 0.912. The number of hydrogen-bond donors (Lipinski definition) is 1. The maximum Gasteiger partial charge on any atom is 0.167 e. The maximum absolute atomic E-state index is 10.3. The van der Waals surface area contributed by atoms with Gasteiger partial charge >= 0.3 is 0 Å². The maximum atomic E-state index is 10.3. The van der Waals surface area contributed by atoms with Crippen molar-refractivity contribution in [3.05, 3.63) is 42.1 Å². The zero-order chi connectivity index (χ0) is 14.5. The van der Waals surface area contributed by atoms with Gasteiger partial charge in [0, 0.05) is 18.2 Å². The molecule has 1 aromatic carbocycles. The molecule has 0 aliphatic carbocycles. The minimum absolute atomic E-state index is 0. The van der Waals surface area contributed by atoms with E-state index >= 15 is 0 Å². The number of benzene rings is 1. The summed E-state index contributed by atoms with van der Waals surface area (Å²) in [7, 11) is 0. The van der Waals surface area contributed by atoms with E-state index in [4.69, 9.17) is 4.52 Å². The number of aliphatic hydroxyl groups excluding tert-OH is 1. The monoisotopic (exact) mass is 322 g/mol. The minimum Gasteiger partial charge on any atom is -0.387 e. The lowest BCUT2D eigenvalue weighted by Crippen LogP contribution is -2.31. The van der Waals surface area contributed by atoms with E-state index in [9.17, 15) is 5.11 Å². The molecular weight excluding hydrogens is 300 g/mol. The van der Waals surface area contributed by atoms with E-state index in [2.05, 4.69) is 10.1 Å². The first kappa shape index (κ1) is 17.0. The van der Waals surface area contributed by atoms with Gasteiger partial charge in [-0.3, -0.25) is 0 Å². The van der Waals surface area contributed by atoms with Crippen molar-refractivity contribution in [3.63, 3.8) is 0 Å². The molecule has 1 aliphatic rings. The Morgan fingerprint density at radius 3 is 2.59 bits per heavy atom. The number of nitrogens with zero attached hydrogens (tertiary/aromatic N) is 2. The van der Waals surface area contributed by atoms with Crippen LogP contribution in [-0.2, 0) is 0 Å². The van der Waals surface area contributed by atoms with Crippen molar-refractivity contribution in [2.24, 2.45) is 0 Å². The van der Waals surface area contributed by atoms with Crippen molar-refractivity contribution < 1.29 is 9.63 Å². The molecule has 1 fully saturated rings. The standard InChI is InChI=1S/C17H22N2O2.ClH/c20-16(9-12-19-10-5-2-6-11-19)15-13-17(21-18-15)14-7-3-1-4-8-14;/h1,3-4,7-8,13,16,20H,2,5-6,9-12H2;1H. The second-order valence-corrected chi connectivity index (χ2v) is 5.69. The second-order valence-electron chi connectivity index (χ2n) is 5.69. The van der Waals surface area contributed by atoms with Crippen molar-refractivity contribution in [3.8, 4) is 11.3 Å². The zero-order valence-electron chi connectivity index (χ0n) is 12.6. The summed E-state index contributed by atoms with van der Waals surface area (Å²) < 4.78 is 5.34. The van der Waals surface area contributed by atoms with Crippen LogP contribution >= 0.6 is 12.4 Å². The fourth-order valence-electron chi connectivity index (χ4n) is 2.82. The van der Waals surface area contributed by atoms with E-state index in [1.807, 2.05) is 36.4 Å². The van der Waals surface area contributed by atoms with Crippen LogP contribution in [0.1, 0.15) is 37.5 Å². The van der Waals surface area contributed by atoms with E-state index in [1.165, 1.54) is 19.3 Å². The van der Waals surface area contributed by atoms with Gasteiger partial charge in [0.1, 0.15) is 11.8 Å². The Morgan fingerprint density at radius 1 is 1.14 bits per heavy atom. The molecule has 1 aliphatic heterocycles. The molecule has 2 aromatic rings. The van der Waals surface area contributed by atoms with Crippen LogP contribution in [0.15, 0.2) is 40.9 Å². The van der Waals surface area contributed by atoms with Gasteiger partial charge in [0.15, 0.2) is 5.76 Å². The van der Waals surface area contributed by atoms with Crippen LogP contribution in [0.2, 0.25) is 0 Å². The number of halogens is 1. The minimum atomic E-state index is -0.548. The molecule has 120 valence electrons. The van der Waals surface area contributed by atoms with E-state index < -0.39 is 6.10 Å². The second kappa shape index (κ2) is 8.32. The van der Waals surface area contributed by atoms with Crippen molar-refractivity contribution in [1.29, 1.82) is 0 Å². The molecule has 3 rings (SSSR count). The van der Waals surface area contributed by atoms with Crippen LogP contribution in [0.25, 0.3) is 11.3 Å². The summed E-state index contributed by atoms with van der Waals surface area (Å²) in [5.41, 5.74) is 1.62. The highest BCUT2D eigenvalue weighted by Crippen LogP contribution is 2.24. The molecule has 1 unspecified atom stereocenters. The van der Waals surface area contributed by atoms with Crippen LogP contribution in [0.4, 0.5) is 0 Å². The van der Waals surface area contributed by atoms with Gasteiger partial charge in [0.2, 0.25) is 0 Å². The van der Waals surface area contributed by atoms with Gasteiger partial charge in [0.05, 0.1) is 0 Å². The average molecular weight is 323 g/mol. The summed E-state index contributed by atoms with van der Waals surface area (Å²) in [6, 6.07) is 11.7. The van der Waals surface area contributed by atoms with E-state index in [0.717, 1.165) is 25.2 Å². The molecule has 1 aromatic heterocycles. The van der Waals surface area contributed by atoms with Gasteiger partial charge in [0.25, 0.3) is 0 Å². The zero-order valence-corrected chi connectivity index (χ0v) is 13.5. The van der Waals surface area contributed by atoms with Crippen LogP contribution < -0.4 is 0 Å². The van der Waals surface area contributed by atoms with Crippen molar-refractivity contribution in [2.75, 3.05) is 19.6 Å². The number of aromatic nitrogens is 1. The number of hydrogen-bond acceptors (Lipinski definition) is 4. The highest BCUT2D eigenvalue weighted by Gasteiger charge is 2.17. The molecule has 0 saturated carbocycles. The lowest BCUT2D eigenvalue weighted by Gasteiger charge is -2.26. The largest absolute Gasteiger partial charge is 0.387 e. The first-order chi connectivity index (χ1) is 10.3. The lowest BCUT2D eigenvalue weighted by molar-refractivity contribution is 0.127. The van der Waals surface area contributed by atoms with Crippen molar-refractivity contribution in [1.82, 2.24) is 10.1 Å². The van der Waals surface area contributed by atoms with Crippen LogP contribution in [-0.4, -0.2) is 34.8 Å². The van der Waals surface area contributed by atoms with E-state index in [0.29, 0.717) is 17.9 Å². The number of piperidine rings is 1. The van der Waals surface area contributed by atoms with Crippen LogP contribution in [0.3, 0.4) is 0 Å². The molecular formula is C17H23ClN2O2. The molecule has 5 heteroatoms. The number of aliphatic hydroxyl groups is 1. The van der Waals surface area contributed by atoms with Gasteiger partial charge in [-0.05, 0) is 32.4 Å². The van der Waals surface area contributed by atoms with E-state index in [1.54, 1.807) is 0 Å². The third-order valence-corrected chi connectivity index (χ3v) is 4.10. The molecule has 22 heavy (non-hydrogen) atoms. The summed E-state index contributed by atoms with van der Waals surface area (Å²) in [5, 5.41) is 14.3. The Hall–Kier alpha value is -1.36. The molecule has 2 heterocycles. The summed E-state index contributed by atoms with van der Waals surface area (Å²) in [4.78, 5) is 2.42. The Kier molecular flexibility index (Phi) is 6.43. The summed E-state index contributed by atoms with van der Waals surface area (Å²) in [6.45, 7) is 3.23. The molecule has 0 bridgehead atoms. The predicted octanol–water partition coefficient (Wildman–Crippen LogP) is 3.67. The molecule has 4 nitrogen and oxygen atoms in total. The summed E-state index contributed by atoms with van der Waals surface area (Å²) in [5.74, 6) is 0.711. The lowest BCUT2D eigenvalue weighted by atomic mass is 10.1. The van der Waals surface area contributed by atoms with E-state index in [-0.39, 0.29) is 12.4 Å². The molecule has 1 N–H and O–H groups in total. The highest BCUT2D eigenvalue weighted by atomic mass is 35.5. The molecule has 0 amide bonds. The van der Waals surface area contributed by atoms with Crippen molar-refractivity contribution in [2.45, 2.75) is 31.8 Å². The molecule has 0 spiro atoms. The Labute approximate surface area is 137 Å². The highest BCUT2D eigenvalue weighted by molar-refractivity contribution is 5.85. The summed E-state index contributed by atoms with van der Waals surface area (Å²) in [6.07, 6.45) is 4.05. The third kappa shape index (κ3) is 4.32. The van der Waals surface area contributed by atoms with Gasteiger partial charge in [-0.15, -0.1) is 12.4 Å². The van der Waals surface area contributed by atoms with Gasteiger partial charge < -0.3 is 14.5 Å². The van der Waals surface area contributed by atoms with Crippen LogP contribution in [0, 0.1) is 0 Å². The van der Waals surface area contributed by atoms with Gasteiger partial charge in [-0.1, -0.05) is 41.9 Å². The number of rotatable bonds is 5. The predicted molar refractivity (Wildman–Crippen MR) is 89.1 cm³/mol. The molecule has 0 radical (unpaired) electrons. The normalized spacial score (nSPS) is 17.0. The molecule has 1 atom stereocenters.